The van der Waals surface area contributed by atoms with E-state index in [1.807, 2.05) is 41.2 Å². The van der Waals surface area contributed by atoms with Crippen LogP contribution in [0.4, 0.5) is 5.69 Å². The van der Waals surface area contributed by atoms with Gasteiger partial charge in [0.2, 0.25) is 5.91 Å². The molecule has 1 aromatic carbocycles. The van der Waals surface area contributed by atoms with Crippen molar-refractivity contribution in [1.29, 1.82) is 0 Å². The van der Waals surface area contributed by atoms with Gasteiger partial charge in [-0.3, -0.25) is 4.79 Å². The number of carbonyl (C=O) groups is 1. The summed E-state index contributed by atoms with van der Waals surface area (Å²) in [4.78, 5) is 20.7. The van der Waals surface area contributed by atoms with E-state index in [1.165, 1.54) is 0 Å². The third-order valence-corrected chi connectivity index (χ3v) is 5.28. The van der Waals surface area contributed by atoms with Crippen LogP contribution >= 0.6 is 0 Å². The summed E-state index contributed by atoms with van der Waals surface area (Å²) in [6.07, 6.45) is 10.2. The summed E-state index contributed by atoms with van der Waals surface area (Å²) in [6.45, 7) is 3.35. The summed E-state index contributed by atoms with van der Waals surface area (Å²) in [7, 11) is 1.73. The molecule has 0 atom stereocenters. The number of benzene rings is 1. The van der Waals surface area contributed by atoms with E-state index in [9.17, 15) is 9.90 Å². The quantitative estimate of drug-likeness (QED) is 0.439. The fourth-order valence-electron chi connectivity index (χ4n) is 3.71. The maximum Gasteiger partial charge on any atom is 0.228 e. The van der Waals surface area contributed by atoms with Crippen molar-refractivity contribution < 1.29 is 9.90 Å². The van der Waals surface area contributed by atoms with Crippen LogP contribution in [-0.2, 0) is 11.2 Å². The predicted octanol–water partition coefficient (Wildman–Crippen LogP) is 2.35. The van der Waals surface area contributed by atoms with Gasteiger partial charge in [-0.25, -0.2) is 9.98 Å². The minimum Gasteiger partial charge on any atom is -0.389 e. The molecule has 0 radical (unpaired) electrons. The largest absolute Gasteiger partial charge is 0.389 e. The SMILES string of the molecule is CN/C(=C\C(N)=NC1=CCC(c2ccc3c(c2)NC(=O)C3)=Cn2ccnc21)C(C)(C)O. The first kappa shape index (κ1) is 20.6. The van der Waals surface area contributed by atoms with Gasteiger partial charge in [-0.15, -0.1) is 0 Å². The summed E-state index contributed by atoms with van der Waals surface area (Å²) in [5.74, 6) is 0.956. The molecule has 1 amide bonds. The van der Waals surface area contributed by atoms with Gasteiger partial charge in [0.05, 0.1) is 12.0 Å². The minimum atomic E-state index is -1.07. The van der Waals surface area contributed by atoms with Gasteiger partial charge in [-0.2, -0.15) is 0 Å². The lowest BCUT2D eigenvalue weighted by Gasteiger charge is -2.21. The van der Waals surface area contributed by atoms with Gasteiger partial charge in [0.1, 0.15) is 11.5 Å². The number of carbonyl (C=O) groups excluding carboxylic acids is 1. The zero-order valence-electron chi connectivity index (χ0n) is 17.8. The summed E-state index contributed by atoms with van der Waals surface area (Å²) < 4.78 is 1.91. The molecule has 31 heavy (non-hydrogen) atoms. The van der Waals surface area contributed by atoms with Crippen molar-refractivity contribution >= 4 is 34.9 Å². The Balaban J connectivity index is 1.68. The standard InChI is InChI=1S/C23H26N6O2/c1-23(2,31)19(25-3)12-20(24)27-17-7-6-16(13-29-9-8-26-22(17)29)14-4-5-15-11-21(30)28-18(15)10-14/h4-5,7-10,12-13,25,31H,6,11H2,1-3H3,(H2,24,27)(H,28,30)/b19-12-. The maximum atomic E-state index is 11.7. The Morgan fingerprint density at radius 1 is 1.42 bits per heavy atom. The Labute approximate surface area is 180 Å². The van der Waals surface area contributed by atoms with Crippen LogP contribution in [0.25, 0.3) is 17.5 Å². The lowest BCUT2D eigenvalue weighted by molar-refractivity contribution is -0.115. The minimum absolute atomic E-state index is 0.0194. The molecule has 3 heterocycles. The molecule has 4 rings (SSSR count). The summed E-state index contributed by atoms with van der Waals surface area (Å²) in [5.41, 5.74) is 10.3. The second kappa shape index (κ2) is 7.88. The highest BCUT2D eigenvalue weighted by molar-refractivity contribution is 6.00. The van der Waals surface area contributed by atoms with E-state index in [1.54, 1.807) is 33.2 Å². The number of amidine groups is 1. The molecule has 0 saturated carbocycles. The molecule has 160 valence electrons. The second-order valence-electron chi connectivity index (χ2n) is 8.11. The Bertz CT molecular complexity index is 1160. The van der Waals surface area contributed by atoms with Crippen LogP contribution in [0, 0.1) is 0 Å². The van der Waals surface area contributed by atoms with Crippen LogP contribution in [0.3, 0.4) is 0 Å². The molecule has 0 saturated heterocycles. The first-order valence-corrected chi connectivity index (χ1v) is 10.1. The monoisotopic (exact) mass is 418 g/mol. The van der Waals surface area contributed by atoms with Crippen molar-refractivity contribution in [3.63, 3.8) is 0 Å². The highest BCUT2D eigenvalue weighted by atomic mass is 16.3. The third kappa shape index (κ3) is 4.29. The first-order valence-electron chi connectivity index (χ1n) is 10.1. The molecule has 0 spiro atoms. The number of imidazole rings is 1. The van der Waals surface area contributed by atoms with E-state index >= 15 is 0 Å². The van der Waals surface area contributed by atoms with E-state index in [2.05, 4.69) is 20.6 Å². The average molecular weight is 419 g/mol. The molecule has 0 unspecified atom stereocenters. The van der Waals surface area contributed by atoms with Gasteiger partial charge in [0.25, 0.3) is 0 Å². The van der Waals surface area contributed by atoms with Gasteiger partial charge in [-0.1, -0.05) is 18.2 Å². The van der Waals surface area contributed by atoms with E-state index < -0.39 is 5.60 Å². The second-order valence-corrected chi connectivity index (χ2v) is 8.11. The van der Waals surface area contributed by atoms with Gasteiger partial charge < -0.3 is 26.0 Å². The zero-order valence-corrected chi connectivity index (χ0v) is 17.8. The van der Waals surface area contributed by atoms with Crippen molar-refractivity contribution in [1.82, 2.24) is 14.9 Å². The number of aliphatic imine (C=N–C) groups is 1. The number of hydrogen-bond donors (Lipinski definition) is 4. The zero-order chi connectivity index (χ0) is 22.2. The van der Waals surface area contributed by atoms with E-state index in [0.717, 1.165) is 22.4 Å². The highest BCUT2D eigenvalue weighted by Gasteiger charge is 2.20. The maximum absolute atomic E-state index is 11.7. The van der Waals surface area contributed by atoms with Crippen molar-refractivity contribution in [3.05, 3.63) is 65.4 Å². The first-order chi connectivity index (χ1) is 14.7. The number of nitrogens with two attached hydrogens (primary N) is 1. The molecule has 0 aliphatic carbocycles. The Hall–Kier alpha value is -3.65. The molecule has 2 aliphatic heterocycles. The van der Waals surface area contributed by atoms with E-state index in [-0.39, 0.29) is 11.7 Å². The summed E-state index contributed by atoms with van der Waals surface area (Å²) >= 11 is 0. The Morgan fingerprint density at radius 3 is 2.97 bits per heavy atom. The van der Waals surface area contributed by atoms with E-state index in [4.69, 9.17) is 5.73 Å². The fraction of sp³-hybridized carbons (Fsp3) is 0.261. The molecule has 0 fully saturated rings. The number of allylic oxidation sites excluding steroid dienone is 2. The van der Waals surface area contributed by atoms with Crippen LogP contribution < -0.4 is 16.4 Å². The normalized spacial score (nSPS) is 16.7. The lowest BCUT2D eigenvalue weighted by atomic mass is 10.0. The number of aliphatic hydroxyl groups is 1. The van der Waals surface area contributed by atoms with Crippen LogP contribution in [-0.4, -0.2) is 39.0 Å². The predicted molar refractivity (Wildman–Crippen MR) is 123 cm³/mol. The van der Waals surface area contributed by atoms with Gasteiger partial charge in [0.15, 0.2) is 5.82 Å². The number of anilines is 1. The topological polar surface area (TPSA) is 118 Å². The number of amides is 1. The molecule has 2 aromatic rings. The van der Waals surface area contributed by atoms with Crippen molar-refractivity contribution in [3.8, 4) is 0 Å². The fourth-order valence-corrected chi connectivity index (χ4v) is 3.71. The van der Waals surface area contributed by atoms with Crippen LogP contribution in [0.2, 0.25) is 0 Å². The van der Waals surface area contributed by atoms with E-state index in [0.29, 0.717) is 30.1 Å². The number of aromatic nitrogens is 2. The number of nitrogens with zero attached hydrogens (tertiary/aromatic N) is 3. The Morgan fingerprint density at radius 2 is 2.23 bits per heavy atom. The molecule has 8 heteroatoms. The Kier molecular flexibility index (Phi) is 5.24. The number of nitrogens with one attached hydrogen (secondary N) is 2. The van der Waals surface area contributed by atoms with Gasteiger partial charge in [-0.05, 0) is 43.0 Å². The average Bonchev–Trinajstić information content (AvgIpc) is 3.27. The molecule has 2 aliphatic rings. The molecule has 5 N–H and O–H groups in total. The molecule has 0 bridgehead atoms. The van der Waals surface area contributed by atoms with Crippen molar-refractivity contribution in [2.75, 3.05) is 12.4 Å². The molecule has 8 nitrogen and oxygen atoms in total. The van der Waals surface area contributed by atoms with Crippen LogP contribution in [0.15, 0.2) is 53.4 Å². The van der Waals surface area contributed by atoms with Crippen LogP contribution in [0.5, 0.6) is 0 Å². The number of rotatable bonds is 5. The molecular weight excluding hydrogens is 392 g/mol. The van der Waals surface area contributed by atoms with Crippen LogP contribution in [0.1, 0.15) is 37.2 Å². The smallest absolute Gasteiger partial charge is 0.228 e. The molecule has 1 aromatic heterocycles. The third-order valence-electron chi connectivity index (χ3n) is 5.28. The number of likely N-dealkylation sites (N-methyl/N-ethyl adjacent to an activating group) is 1. The molecular formula is C23H26N6O2. The summed E-state index contributed by atoms with van der Waals surface area (Å²) in [5, 5.41) is 16.1. The highest BCUT2D eigenvalue weighted by Crippen LogP contribution is 2.32. The van der Waals surface area contributed by atoms with Gasteiger partial charge >= 0.3 is 0 Å². The lowest BCUT2D eigenvalue weighted by Crippen LogP contribution is -2.31. The van der Waals surface area contributed by atoms with Crippen molar-refractivity contribution in [2.24, 2.45) is 10.7 Å². The summed E-state index contributed by atoms with van der Waals surface area (Å²) in [6, 6.07) is 6.03. The number of hydrogen-bond acceptors (Lipinski definition) is 5. The van der Waals surface area contributed by atoms with Gasteiger partial charge in [0, 0.05) is 43.1 Å². The number of fused-ring (bicyclic) bond motifs is 2. The van der Waals surface area contributed by atoms with Crippen molar-refractivity contribution in [2.45, 2.75) is 32.3 Å².